The molecule has 0 bridgehead atoms. The van der Waals surface area contributed by atoms with Crippen LogP contribution >= 0.6 is 0 Å². The lowest BCUT2D eigenvalue weighted by atomic mass is 9.98. The molecule has 1 aliphatic carbocycles. The monoisotopic (exact) mass is 478 g/mol. The van der Waals surface area contributed by atoms with Crippen LogP contribution in [-0.2, 0) is 41.6 Å². The number of hydrogen-bond donors (Lipinski definition) is 1. The van der Waals surface area contributed by atoms with Crippen LogP contribution in [0.15, 0.2) is 60.3 Å². The summed E-state index contributed by atoms with van der Waals surface area (Å²) in [6.45, 7) is 4.05. The van der Waals surface area contributed by atoms with Crippen molar-refractivity contribution >= 4 is 23.3 Å². The van der Waals surface area contributed by atoms with Gasteiger partial charge in [0.1, 0.15) is 5.78 Å². The highest BCUT2D eigenvalue weighted by molar-refractivity contribution is 6.00. The molecule has 7 heteroatoms. The predicted molar refractivity (Wildman–Crippen MR) is 129 cm³/mol. The first-order chi connectivity index (χ1) is 16.6. The number of aryl methyl sites for hydroxylation is 1. The number of carbonyl (C=O) groups is 2. The van der Waals surface area contributed by atoms with Crippen molar-refractivity contribution in [1.82, 2.24) is 4.98 Å². The second-order valence-electron chi connectivity index (χ2n) is 8.87. The maximum Gasteiger partial charge on any atom is 0.416 e. The molecule has 3 aromatic rings. The molecule has 1 heterocycles. The molecule has 0 saturated heterocycles. The van der Waals surface area contributed by atoms with Gasteiger partial charge in [0, 0.05) is 31.4 Å². The topological polar surface area (TPSA) is 59.1 Å². The molecule has 1 aromatic heterocycles. The molecule has 4 nitrogen and oxygen atoms in total. The van der Waals surface area contributed by atoms with Gasteiger partial charge in [0.2, 0.25) is 0 Å². The van der Waals surface area contributed by atoms with Gasteiger partial charge < -0.3 is 5.32 Å². The van der Waals surface area contributed by atoms with Gasteiger partial charge in [-0.3, -0.25) is 14.6 Å². The average molecular weight is 479 g/mol. The number of allylic oxidation sites excluding steroid dienone is 1. The van der Waals surface area contributed by atoms with Crippen molar-refractivity contribution in [2.45, 2.75) is 45.8 Å². The lowest BCUT2D eigenvalue weighted by molar-refractivity contribution is -0.137. The number of fused-ring (bicyclic) bond motifs is 1. The third-order valence-electron chi connectivity index (χ3n) is 6.10. The van der Waals surface area contributed by atoms with Crippen molar-refractivity contribution in [2.24, 2.45) is 0 Å². The van der Waals surface area contributed by atoms with Gasteiger partial charge in [-0.1, -0.05) is 36.4 Å². The number of nitrogens with zero attached hydrogens (tertiary/aromatic N) is 1. The molecule has 0 unspecified atom stereocenters. The first-order valence-electron chi connectivity index (χ1n) is 11.3. The highest BCUT2D eigenvalue weighted by Crippen LogP contribution is 2.30. The fourth-order valence-electron chi connectivity index (χ4n) is 4.12. The standard InChI is InChI=1S/C28H25F3N2O2/c1-17-6-7-20(11-26(35)10-19-4-3-5-24(9-19)28(29,30)31)8-23(17)15-32-25-13-22-12-21(18(2)34)14-27(22)33-16-25/h3-9,12-13,16,32H,10-11,14-15H2,1-2H3. The van der Waals surface area contributed by atoms with E-state index in [1.165, 1.54) is 12.1 Å². The predicted octanol–water partition coefficient (Wildman–Crippen LogP) is 5.90. The van der Waals surface area contributed by atoms with E-state index in [9.17, 15) is 22.8 Å². The number of Topliss-reactive ketones (excluding diaryl/α,β-unsaturated/α-hetero) is 2. The number of nitrogens with one attached hydrogen (secondary N) is 1. The van der Waals surface area contributed by atoms with Crippen molar-refractivity contribution in [2.75, 3.05) is 5.32 Å². The third-order valence-corrected chi connectivity index (χ3v) is 6.10. The number of pyridine rings is 1. The Kier molecular flexibility index (Phi) is 6.87. The van der Waals surface area contributed by atoms with E-state index in [4.69, 9.17) is 0 Å². The Morgan fingerprint density at radius 3 is 2.49 bits per heavy atom. The molecule has 1 N–H and O–H groups in total. The van der Waals surface area contributed by atoms with Crippen LogP contribution in [0.25, 0.3) is 6.08 Å². The van der Waals surface area contributed by atoms with Gasteiger partial charge in [0.25, 0.3) is 0 Å². The second-order valence-corrected chi connectivity index (χ2v) is 8.87. The molecule has 0 radical (unpaired) electrons. The van der Waals surface area contributed by atoms with E-state index in [-0.39, 0.29) is 24.4 Å². The molecule has 180 valence electrons. The van der Waals surface area contributed by atoms with Gasteiger partial charge in [-0.25, -0.2) is 0 Å². The summed E-state index contributed by atoms with van der Waals surface area (Å²) in [5.41, 5.74) is 5.88. The van der Waals surface area contributed by atoms with Crippen LogP contribution in [0.1, 0.15) is 46.0 Å². The van der Waals surface area contributed by atoms with Crippen LogP contribution in [0.3, 0.4) is 0 Å². The molecule has 1 aliphatic rings. The van der Waals surface area contributed by atoms with E-state index < -0.39 is 11.7 Å². The van der Waals surface area contributed by atoms with Crippen LogP contribution < -0.4 is 5.32 Å². The first-order valence-corrected chi connectivity index (χ1v) is 11.3. The minimum absolute atomic E-state index is 0.0487. The molecule has 0 fully saturated rings. The quantitative estimate of drug-likeness (QED) is 0.438. The molecule has 4 rings (SSSR count). The third kappa shape index (κ3) is 6.04. The number of alkyl halides is 3. The minimum Gasteiger partial charge on any atom is -0.380 e. The van der Waals surface area contributed by atoms with Crippen molar-refractivity contribution < 1.29 is 22.8 Å². The Labute approximate surface area is 201 Å². The number of rotatable bonds is 8. The normalized spacial score (nSPS) is 12.8. The Balaban J connectivity index is 1.40. The average Bonchev–Trinajstić information content (AvgIpc) is 3.23. The smallest absolute Gasteiger partial charge is 0.380 e. The molecule has 2 aromatic carbocycles. The molecule has 0 aliphatic heterocycles. The lowest BCUT2D eigenvalue weighted by Gasteiger charge is -2.12. The Bertz CT molecular complexity index is 1330. The van der Waals surface area contributed by atoms with Crippen LogP contribution in [0.2, 0.25) is 0 Å². The van der Waals surface area contributed by atoms with Crippen LogP contribution in [-0.4, -0.2) is 16.6 Å². The van der Waals surface area contributed by atoms with E-state index in [0.717, 1.165) is 51.3 Å². The molecule has 35 heavy (non-hydrogen) atoms. The maximum atomic E-state index is 12.9. The van der Waals surface area contributed by atoms with Crippen molar-refractivity contribution in [3.05, 3.63) is 99.4 Å². The minimum atomic E-state index is -4.43. The van der Waals surface area contributed by atoms with Crippen LogP contribution in [0.5, 0.6) is 0 Å². The zero-order valence-corrected chi connectivity index (χ0v) is 19.5. The Morgan fingerprint density at radius 1 is 1.03 bits per heavy atom. The zero-order chi connectivity index (χ0) is 25.2. The fourth-order valence-corrected chi connectivity index (χ4v) is 4.12. The Morgan fingerprint density at radius 2 is 1.77 bits per heavy atom. The van der Waals surface area contributed by atoms with Gasteiger partial charge in [-0.05, 0) is 59.9 Å². The molecule has 0 spiro atoms. The first kappa shape index (κ1) is 24.4. The number of halogens is 3. The maximum absolute atomic E-state index is 12.9. The van der Waals surface area contributed by atoms with E-state index >= 15 is 0 Å². The largest absolute Gasteiger partial charge is 0.416 e. The number of anilines is 1. The van der Waals surface area contributed by atoms with Crippen molar-refractivity contribution in [3.63, 3.8) is 0 Å². The Hall–Kier alpha value is -3.74. The SMILES string of the molecule is CC(=O)C1=Cc2cc(NCc3cc(CC(=O)Cc4cccc(C(F)(F)F)c4)ccc3C)cnc2C1. The van der Waals surface area contributed by atoms with Crippen LogP contribution in [0.4, 0.5) is 18.9 Å². The summed E-state index contributed by atoms with van der Waals surface area (Å²) in [6.07, 6.45) is -0.172. The zero-order valence-electron chi connectivity index (χ0n) is 19.5. The van der Waals surface area contributed by atoms with Gasteiger partial charge >= 0.3 is 6.18 Å². The van der Waals surface area contributed by atoms with Crippen molar-refractivity contribution in [1.29, 1.82) is 0 Å². The van der Waals surface area contributed by atoms with E-state index in [2.05, 4.69) is 10.3 Å². The van der Waals surface area contributed by atoms with Gasteiger partial charge in [-0.2, -0.15) is 13.2 Å². The molecular weight excluding hydrogens is 453 g/mol. The summed E-state index contributed by atoms with van der Waals surface area (Å²) in [5, 5.41) is 3.35. The summed E-state index contributed by atoms with van der Waals surface area (Å²) < 4.78 is 38.8. The van der Waals surface area contributed by atoms with Crippen LogP contribution in [0, 0.1) is 6.92 Å². The number of aromatic nitrogens is 1. The van der Waals surface area contributed by atoms with E-state index in [0.29, 0.717) is 18.5 Å². The number of ketones is 2. The second kappa shape index (κ2) is 9.86. The summed E-state index contributed by atoms with van der Waals surface area (Å²) in [6, 6.07) is 12.6. The number of carbonyl (C=O) groups excluding carboxylic acids is 2. The summed E-state index contributed by atoms with van der Waals surface area (Å²) >= 11 is 0. The molecule has 0 saturated carbocycles. The molecular formula is C28H25F3N2O2. The van der Waals surface area contributed by atoms with E-state index in [1.807, 2.05) is 37.3 Å². The van der Waals surface area contributed by atoms with Gasteiger partial charge in [-0.15, -0.1) is 0 Å². The van der Waals surface area contributed by atoms with Gasteiger partial charge in [0.05, 0.1) is 23.1 Å². The van der Waals surface area contributed by atoms with E-state index in [1.54, 1.807) is 13.1 Å². The summed E-state index contributed by atoms with van der Waals surface area (Å²) in [5.74, 6) is -0.101. The highest BCUT2D eigenvalue weighted by atomic mass is 19.4. The number of benzene rings is 2. The number of hydrogen-bond acceptors (Lipinski definition) is 4. The fraction of sp³-hybridized carbons (Fsp3) is 0.250. The lowest BCUT2D eigenvalue weighted by Crippen LogP contribution is -2.10. The highest BCUT2D eigenvalue weighted by Gasteiger charge is 2.30. The summed E-state index contributed by atoms with van der Waals surface area (Å²) in [4.78, 5) is 28.7. The summed E-state index contributed by atoms with van der Waals surface area (Å²) in [7, 11) is 0. The molecule has 0 amide bonds. The van der Waals surface area contributed by atoms with Crippen molar-refractivity contribution in [3.8, 4) is 0 Å². The molecule has 0 atom stereocenters. The van der Waals surface area contributed by atoms with Gasteiger partial charge in [0.15, 0.2) is 5.78 Å².